The summed E-state index contributed by atoms with van der Waals surface area (Å²) in [5.74, 6) is -2.50. The molecule has 1 unspecified atom stereocenters. The van der Waals surface area contributed by atoms with Crippen LogP contribution < -0.4 is 0 Å². The van der Waals surface area contributed by atoms with E-state index in [4.69, 9.17) is 9.29 Å². The molecule has 7 nitrogen and oxygen atoms in total. The van der Waals surface area contributed by atoms with Crippen LogP contribution in [-0.4, -0.2) is 42.9 Å². The summed E-state index contributed by atoms with van der Waals surface area (Å²) in [5.41, 5.74) is -0.865. The molecule has 0 aliphatic carbocycles. The summed E-state index contributed by atoms with van der Waals surface area (Å²) in [4.78, 5) is 23.3. The van der Waals surface area contributed by atoms with Crippen LogP contribution in [0.1, 0.15) is 47.5 Å². The van der Waals surface area contributed by atoms with Crippen LogP contribution in [0.2, 0.25) is 0 Å². The fourth-order valence-electron chi connectivity index (χ4n) is 1.51. The monoisotopic (exact) mass is 374 g/mol. The molecule has 24 heavy (non-hydrogen) atoms. The molecule has 10 heteroatoms. The maximum atomic E-state index is 13.7. The Kier molecular flexibility index (Phi) is 7.75. The second-order valence-corrected chi connectivity index (χ2v) is 7.95. The zero-order valence-corrected chi connectivity index (χ0v) is 15.2. The standard InChI is InChI=1S/C14H24F2O7S/c1-6-13(4,5)12(18)22-8-11(17)23-10(7-9(2)3)14(15,16)24(19,20)21/h9-10H,6-8H2,1-5H3,(H,19,20,21). The first-order valence-corrected chi connectivity index (χ1v) is 8.80. The Morgan fingerprint density at radius 2 is 1.71 bits per heavy atom. The molecule has 0 spiro atoms. The maximum Gasteiger partial charge on any atom is 0.405 e. The largest absolute Gasteiger partial charge is 0.453 e. The van der Waals surface area contributed by atoms with Crippen LogP contribution in [0, 0.1) is 11.3 Å². The van der Waals surface area contributed by atoms with Crippen molar-refractivity contribution in [3.63, 3.8) is 0 Å². The molecule has 0 saturated heterocycles. The highest BCUT2D eigenvalue weighted by Crippen LogP contribution is 2.31. The topological polar surface area (TPSA) is 107 Å². The second-order valence-electron chi connectivity index (χ2n) is 6.46. The zero-order valence-electron chi connectivity index (χ0n) is 14.3. The van der Waals surface area contributed by atoms with Gasteiger partial charge in [-0.1, -0.05) is 20.8 Å². The lowest BCUT2D eigenvalue weighted by Gasteiger charge is -2.26. The van der Waals surface area contributed by atoms with Crippen molar-refractivity contribution >= 4 is 22.1 Å². The number of carbonyl (C=O) groups excluding carboxylic acids is 2. The molecule has 0 heterocycles. The average Bonchev–Trinajstić information content (AvgIpc) is 2.42. The first kappa shape index (κ1) is 22.7. The summed E-state index contributed by atoms with van der Waals surface area (Å²) in [6.45, 7) is 6.96. The summed E-state index contributed by atoms with van der Waals surface area (Å²) >= 11 is 0. The number of alkyl halides is 2. The number of halogens is 2. The number of hydrogen-bond acceptors (Lipinski definition) is 6. The van der Waals surface area contributed by atoms with Gasteiger partial charge in [-0.3, -0.25) is 9.35 Å². The van der Waals surface area contributed by atoms with Gasteiger partial charge in [-0.15, -0.1) is 0 Å². The molecule has 1 N–H and O–H groups in total. The van der Waals surface area contributed by atoms with E-state index in [-0.39, 0.29) is 0 Å². The smallest absolute Gasteiger partial charge is 0.405 e. The molecule has 0 amide bonds. The van der Waals surface area contributed by atoms with Crippen molar-refractivity contribution in [3.8, 4) is 0 Å². The van der Waals surface area contributed by atoms with Gasteiger partial charge in [0.15, 0.2) is 12.7 Å². The lowest BCUT2D eigenvalue weighted by Crippen LogP contribution is -2.45. The van der Waals surface area contributed by atoms with E-state index in [0.29, 0.717) is 6.42 Å². The van der Waals surface area contributed by atoms with Crippen LogP contribution in [0.25, 0.3) is 0 Å². The van der Waals surface area contributed by atoms with E-state index in [0.717, 1.165) is 0 Å². The summed E-state index contributed by atoms with van der Waals surface area (Å²) < 4.78 is 66.9. The second kappa shape index (κ2) is 8.19. The van der Waals surface area contributed by atoms with Gasteiger partial charge in [0.1, 0.15) is 0 Å². The molecular formula is C14H24F2O7S. The molecule has 0 saturated carbocycles. The van der Waals surface area contributed by atoms with Crippen LogP contribution >= 0.6 is 0 Å². The highest BCUT2D eigenvalue weighted by Gasteiger charge is 2.54. The fraction of sp³-hybridized carbons (Fsp3) is 0.857. The Balaban J connectivity index is 5.00. The van der Waals surface area contributed by atoms with Gasteiger partial charge in [0.25, 0.3) is 0 Å². The molecule has 0 rings (SSSR count). The number of carbonyl (C=O) groups is 2. The van der Waals surface area contributed by atoms with E-state index in [1.165, 1.54) is 13.8 Å². The molecule has 0 aromatic carbocycles. The molecule has 142 valence electrons. The van der Waals surface area contributed by atoms with Gasteiger partial charge in [0.05, 0.1) is 5.41 Å². The van der Waals surface area contributed by atoms with Gasteiger partial charge in [-0.25, -0.2) is 4.79 Å². The molecular weight excluding hydrogens is 350 g/mol. The van der Waals surface area contributed by atoms with Gasteiger partial charge >= 0.3 is 27.3 Å². The highest BCUT2D eigenvalue weighted by molar-refractivity contribution is 7.86. The van der Waals surface area contributed by atoms with Gasteiger partial charge < -0.3 is 9.47 Å². The minimum atomic E-state index is -5.77. The molecule has 1 atom stereocenters. The predicted molar refractivity (Wildman–Crippen MR) is 80.9 cm³/mol. The van der Waals surface area contributed by atoms with E-state index < -0.39 is 57.8 Å². The Morgan fingerprint density at radius 1 is 1.21 bits per heavy atom. The minimum absolute atomic E-state index is 0.428. The van der Waals surface area contributed by atoms with Gasteiger partial charge in [0.2, 0.25) is 0 Å². The summed E-state index contributed by atoms with van der Waals surface area (Å²) in [6, 6.07) is 0. The maximum absolute atomic E-state index is 13.7. The average molecular weight is 374 g/mol. The Morgan fingerprint density at radius 3 is 2.08 bits per heavy atom. The van der Waals surface area contributed by atoms with E-state index in [1.807, 2.05) is 0 Å². The first-order valence-electron chi connectivity index (χ1n) is 7.36. The van der Waals surface area contributed by atoms with Crippen molar-refractivity contribution in [2.75, 3.05) is 6.61 Å². The van der Waals surface area contributed by atoms with Gasteiger partial charge in [-0.05, 0) is 32.6 Å². The molecule has 0 aliphatic rings. The number of rotatable bonds is 9. The number of hydrogen-bond donors (Lipinski definition) is 1. The predicted octanol–water partition coefficient (Wildman–Crippen LogP) is 2.40. The van der Waals surface area contributed by atoms with Crippen molar-refractivity contribution in [1.82, 2.24) is 0 Å². The first-order chi connectivity index (χ1) is 10.6. The summed E-state index contributed by atoms with van der Waals surface area (Å²) in [5, 5.41) is -4.67. The molecule has 0 aromatic rings. The van der Waals surface area contributed by atoms with E-state index in [9.17, 15) is 26.8 Å². The van der Waals surface area contributed by atoms with E-state index in [2.05, 4.69) is 4.74 Å². The van der Waals surface area contributed by atoms with E-state index in [1.54, 1.807) is 20.8 Å². The van der Waals surface area contributed by atoms with Crippen LogP contribution in [0.5, 0.6) is 0 Å². The van der Waals surface area contributed by atoms with Crippen LogP contribution in [-0.2, 0) is 29.2 Å². The van der Waals surface area contributed by atoms with Crippen molar-refractivity contribution in [2.24, 2.45) is 11.3 Å². The third-order valence-electron chi connectivity index (χ3n) is 3.44. The lowest BCUT2D eigenvalue weighted by atomic mass is 9.91. The number of ether oxygens (including phenoxy) is 2. The summed E-state index contributed by atoms with van der Waals surface area (Å²) in [7, 11) is -5.77. The number of esters is 2. The third kappa shape index (κ3) is 6.31. The molecule has 0 radical (unpaired) electrons. The summed E-state index contributed by atoms with van der Waals surface area (Å²) in [6.07, 6.45) is -2.47. The minimum Gasteiger partial charge on any atom is -0.453 e. The van der Waals surface area contributed by atoms with Crippen LogP contribution in [0.4, 0.5) is 8.78 Å². The van der Waals surface area contributed by atoms with Gasteiger partial charge in [-0.2, -0.15) is 17.2 Å². The van der Waals surface area contributed by atoms with Gasteiger partial charge in [0, 0.05) is 0 Å². The normalized spacial score (nSPS) is 14.4. The van der Waals surface area contributed by atoms with Crippen LogP contribution in [0.15, 0.2) is 0 Å². The zero-order chi connectivity index (χ0) is 19.3. The molecule has 0 aliphatic heterocycles. The lowest BCUT2D eigenvalue weighted by molar-refractivity contribution is -0.175. The van der Waals surface area contributed by atoms with Crippen molar-refractivity contribution < 1.29 is 40.8 Å². The molecule has 0 bridgehead atoms. The fourth-order valence-corrected chi connectivity index (χ4v) is 1.98. The Bertz CT molecular complexity index is 555. The molecule has 0 aromatic heterocycles. The van der Waals surface area contributed by atoms with E-state index >= 15 is 0 Å². The van der Waals surface area contributed by atoms with Crippen molar-refractivity contribution in [3.05, 3.63) is 0 Å². The van der Waals surface area contributed by atoms with Crippen molar-refractivity contribution in [2.45, 2.75) is 58.8 Å². The third-order valence-corrected chi connectivity index (χ3v) is 4.39. The van der Waals surface area contributed by atoms with Crippen LogP contribution in [0.3, 0.4) is 0 Å². The SMILES string of the molecule is CCC(C)(C)C(=O)OCC(=O)OC(CC(C)C)C(F)(F)S(=O)(=O)O. The van der Waals surface area contributed by atoms with Crippen molar-refractivity contribution in [1.29, 1.82) is 0 Å². The quantitative estimate of drug-likeness (QED) is 0.488. The Hall–Kier alpha value is -1.29. The molecule has 0 fully saturated rings. The Labute approximate surface area is 140 Å². The highest BCUT2D eigenvalue weighted by atomic mass is 32.2.